The molecule has 2 heterocycles. The Morgan fingerprint density at radius 2 is 1.97 bits per heavy atom. The number of rotatable bonds is 3. The number of hydrogen-bond acceptors (Lipinski definition) is 4. The van der Waals surface area contributed by atoms with E-state index in [1.807, 2.05) is 0 Å². The maximum atomic E-state index is 14.9. The summed E-state index contributed by atoms with van der Waals surface area (Å²) < 4.78 is 73.9. The molecule has 4 rings (SSSR count). The molecule has 1 saturated heterocycles. The highest BCUT2D eigenvalue weighted by molar-refractivity contribution is 7.89. The number of alkyl halides is 2. The van der Waals surface area contributed by atoms with Crippen molar-refractivity contribution < 1.29 is 31.1 Å². The van der Waals surface area contributed by atoms with Crippen molar-refractivity contribution in [2.75, 3.05) is 32.8 Å². The van der Waals surface area contributed by atoms with Crippen LogP contribution in [0.4, 0.5) is 18.0 Å². The van der Waals surface area contributed by atoms with Crippen molar-refractivity contribution in [2.24, 2.45) is 0 Å². The summed E-state index contributed by atoms with van der Waals surface area (Å²) in [6.45, 7) is -0.265. The van der Waals surface area contributed by atoms with Gasteiger partial charge in [0.05, 0.1) is 25.2 Å². The van der Waals surface area contributed by atoms with E-state index < -0.39 is 46.1 Å². The smallest absolute Gasteiger partial charge is 0.320 e. The number of nitrogens with zero attached hydrogens (tertiary/aromatic N) is 2. The van der Waals surface area contributed by atoms with Gasteiger partial charge in [-0.2, -0.15) is 0 Å². The molecule has 0 saturated carbocycles. The molecule has 1 N–H and O–H groups in total. The van der Waals surface area contributed by atoms with Crippen LogP contribution in [0, 0.1) is 5.82 Å². The van der Waals surface area contributed by atoms with E-state index >= 15 is 0 Å². The third kappa shape index (κ3) is 4.79. The highest BCUT2D eigenvalue weighted by Gasteiger charge is 2.46. The molecule has 0 radical (unpaired) electrons. The van der Waals surface area contributed by atoms with Crippen molar-refractivity contribution in [3.05, 3.63) is 53.8 Å². The fourth-order valence-electron chi connectivity index (χ4n) is 4.31. The summed E-state index contributed by atoms with van der Waals surface area (Å²) in [5, 5.41) is 0. The highest BCUT2D eigenvalue weighted by atomic mass is 32.2. The number of ether oxygens (including phenoxy) is 1. The van der Waals surface area contributed by atoms with Crippen molar-refractivity contribution in [2.45, 2.75) is 24.7 Å². The summed E-state index contributed by atoms with van der Waals surface area (Å²) >= 11 is 0. The van der Waals surface area contributed by atoms with Gasteiger partial charge in [0.25, 0.3) is 0 Å². The SMILES string of the molecule is CN1CCOc2c(F)cccc2-c2cccc(c2)C[C@H]2[C@@H](NS(=O)(=O)CF)[C@@H](F)CN2C1=O. The number of carbonyl (C=O) groups is 1. The fraction of sp³-hybridized carbons (Fsp3) is 0.409. The lowest BCUT2D eigenvalue weighted by Gasteiger charge is -2.31. The Bertz CT molecular complexity index is 1150. The fourth-order valence-corrected chi connectivity index (χ4v) is 5.09. The molecule has 11 heteroatoms. The highest BCUT2D eigenvalue weighted by Crippen LogP contribution is 2.34. The number of hydrogen-bond donors (Lipinski definition) is 1. The molecule has 2 aromatic carbocycles. The van der Waals surface area contributed by atoms with Gasteiger partial charge in [0.1, 0.15) is 12.8 Å². The molecule has 2 amide bonds. The van der Waals surface area contributed by atoms with Crippen molar-refractivity contribution >= 4 is 16.1 Å². The van der Waals surface area contributed by atoms with Crippen LogP contribution >= 0.6 is 0 Å². The normalized spacial score (nSPS) is 23.6. The Hall–Kier alpha value is -2.79. The number of amides is 2. The summed E-state index contributed by atoms with van der Waals surface area (Å²) in [6, 6.07) is 7.17. The summed E-state index contributed by atoms with van der Waals surface area (Å²) in [5.74, 6) is -0.476. The van der Waals surface area contributed by atoms with Gasteiger partial charge in [0.2, 0.25) is 16.0 Å². The molecular weight excluding hydrogens is 459 g/mol. The first-order valence-corrected chi connectivity index (χ1v) is 12.1. The van der Waals surface area contributed by atoms with Crippen LogP contribution in [0.5, 0.6) is 5.75 Å². The Morgan fingerprint density at radius 3 is 2.73 bits per heavy atom. The molecule has 3 atom stereocenters. The number of carbonyl (C=O) groups excluding carboxylic acids is 1. The first-order chi connectivity index (χ1) is 15.7. The second-order valence-electron chi connectivity index (χ2n) is 8.18. The molecule has 7 nitrogen and oxygen atoms in total. The second kappa shape index (κ2) is 9.22. The predicted octanol–water partition coefficient (Wildman–Crippen LogP) is 2.72. The Balaban J connectivity index is 1.78. The van der Waals surface area contributed by atoms with Gasteiger partial charge in [0.15, 0.2) is 11.6 Å². The maximum Gasteiger partial charge on any atom is 0.320 e. The number of para-hydroxylation sites is 1. The number of urea groups is 1. The molecule has 178 valence electrons. The zero-order chi connectivity index (χ0) is 23.8. The average Bonchev–Trinajstić information content (AvgIpc) is 3.08. The van der Waals surface area contributed by atoms with Crippen LogP contribution in [0.1, 0.15) is 5.56 Å². The average molecular weight is 484 g/mol. The van der Waals surface area contributed by atoms with Crippen molar-refractivity contribution in [3.63, 3.8) is 0 Å². The first kappa shape index (κ1) is 23.4. The molecule has 2 bridgehead atoms. The monoisotopic (exact) mass is 483 g/mol. The molecule has 0 aliphatic carbocycles. The molecule has 0 unspecified atom stereocenters. The number of fused-ring (bicyclic) bond motifs is 5. The van der Waals surface area contributed by atoms with Crippen LogP contribution in [0.25, 0.3) is 11.1 Å². The van der Waals surface area contributed by atoms with Crippen LogP contribution in [0.2, 0.25) is 0 Å². The van der Waals surface area contributed by atoms with Gasteiger partial charge in [-0.1, -0.05) is 36.4 Å². The van der Waals surface area contributed by atoms with Crippen LogP contribution in [-0.4, -0.2) is 75.3 Å². The van der Waals surface area contributed by atoms with Gasteiger partial charge in [-0.05, 0) is 23.6 Å². The summed E-state index contributed by atoms with van der Waals surface area (Å²) in [4.78, 5) is 15.7. The Labute approximate surface area is 190 Å². The quantitative estimate of drug-likeness (QED) is 0.728. The number of halogens is 3. The van der Waals surface area contributed by atoms with Crippen LogP contribution in [-0.2, 0) is 16.4 Å². The number of likely N-dealkylation sites (N-methyl/N-ethyl adjacent to an activating group) is 1. The van der Waals surface area contributed by atoms with Gasteiger partial charge in [0, 0.05) is 12.6 Å². The molecule has 2 aliphatic rings. The van der Waals surface area contributed by atoms with E-state index in [1.165, 1.54) is 22.9 Å². The second-order valence-corrected chi connectivity index (χ2v) is 9.86. The van der Waals surface area contributed by atoms with Gasteiger partial charge in [-0.15, -0.1) is 0 Å². The molecule has 2 aromatic rings. The zero-order valence-electron chi connectivity index (χ0n) is 17.9. The molecular formula is C22H24F3N3O4S. The van der Waals surface area contributed by atoms with Crippen molar-refractivity contribution in [3.8, 4) is 16.9 Å². The van der Waals surface area contributed by atoms with Crippen molar-refractivity contribution in [1.82, 2.24) is 14.5 Å². The maximum absolute atomic E-state index is 14.9. The topological polar surface area (TPSA) is 79.0 Å². The van der Waals surface area contributed by atoms with Gasteiger partial charge < -0.3 is 14.5 Å². The lowest BCUT2D eigenvalue weighted by Crippen LogP contribution is -2.52. The van der Waals surface area contributed by atoms with E-state index in [0.29, 0.717) is 16.7 Å². The van der Waals surface area contributed by atoms with Crippen molar-refractivity contribution in [1.29, 1.82) is 0 Å². The molecule has 0 aromatic heterocycles. The lowest BCUT2D eigenvalue weighted by molar-refractivity contribution is 0.145. The first-order valence-electron chi connectivity index (χ1n) is 10.4. The Kier molecular flexibility index (Phi) is 6.53. The van der Waals surface area contributed by atoms with E-state index in [4.69, 9.17) is 4.74 Å². The minimum Gasteiger partial charge on any atom is -0.488 e. The lowest BCUT2D eigenvalue weighted by atomic mass is 9.96. The van der Waals surface area contributed by atoms with Crippen LogP contribution in [0.15, 0.2) is 42.5 Å². The Morgan fingerprint density at radius 1 is 1.21 bits per heavy atom. The third-order valence-corrected chi connectivity index (χ3v) is 6.85. The predicted molar refractivity (Wildman–Crippen MR) is 116 cm³/mol. The van der Waals surface area contributed by atoms with Crippen LogP contribution in [0.3, 0.4) is 0 Å². The molecule has 33 heavy (non-hydrogen) atoms. The van der Waals surface area contributed by atoms with Gasteiger partial charge >= 0.3 is 6.03 Å². The molecule has 2 aliphatic heterocycles. The molecule has 0 spiro atoms. The number of benzene rings is 2. The standard InChI is InChI=1S/C22H24F3N3O4S/c1-27-8-9-32-21-16(6-3-7-17(21)24)15-5-2-4-14(10-15)11-19-20(26-33(30,31)13-23)18(25)12-28(19)22(27)29/h2-7,10,18-20,26H,8-9,11-13H2,1H3/t18-,19-,20-/m0/s1. The summed E-state index contributed by atoms with van der Waals surface area (Å²) in [5.41, 5.74) is 1.85. The van der Waals surface area contributed by atoms with Crippen LogP contribution < -0.4 is 9.46 Å². The number of nitrogens with one attached hydrogen (secondary N) is 1. The summed E-state index contributed by atoms with van der Waals surface area (Å²) in [6.07, 6.45) is -1.60. The largest absolute Gasteiger partial charge is 0.488 e. The minimum atomic E-state index is -4.36. The van der Waals surface area contributed by atoms with E-state index in [1.54, 1.807) is 36.4 Å². The van der Waals surface area contributed by atoms with Gasteiger partial charge in [-0.25, -0.2) is 31.1 Å². The van der Waals surface area contributed by atoms with Gasteiger partial charge in [-0.3, -0.25) is 0 Å². The molecule has 1 fully saturated rings. The van der Waals surface area contributed by atoms with E-state index in [9.17, 15) is 26.4 Å². The summed E-state index contributed by atoms with van der Waals surface area (Å²) in [7, 11) is -2.86. The number of sulfonamides is 1. The minimum absolute atomic E-state index is 0.00860. The zero-order valence-corrected chi connectivity index (χ0v) is 18.7. The van der Waals surface area contributed by atoms with E-state index in [2.05, 4.69) is 4.72 Å². The van der Waals surface area contributed by atoms with E-state index in [-0.39, 0.29) is 31.9 Å². The third-order valence-electron chi connectivity index (χ3n) is 5.93. The van der Waals surface area contributed by atoms with E-state index in [0.717, 1.165) is 0 Å².